The topological polar surface area (TPSA) is 83.0 Å². The van der Waals surface area contributed by atoms with E-state index in [1.54, 1.807) is 7.05 Å². The lowest BCUT2D eigenvalue weighted by Gasteiger charge is -2.22. The van der Waals surface area contributed by atoms with E-state index in [4.69, 9.17) is 11.6 Å². The molecule has 7 heteroatoms. The van der Waals surface area contributed by atoms with Crippen LogP contribution in [0, 0.1) is 0 Å². The van der Waals surface area contributed by atoms with Gasteiger partial charge >= 0.3 is 0 Å². The molecule has 1 heterocycles. The molecule has 1 aliphatic rings. The summed E-state index contributed by atoms with van der Waals surface area (Å²) in [7, 11) is 1.71. The van der Waals surface area contributed by atoms with Crippen molar-refractivity contribution in [2.24, 2.45) is 0 Å². The van der Waals surface area contributed by atoms with Crippen LogP contribution in [0.4, 0.5) is 11.9 Å². The summed E-state index contributed by atoms with van der Waals surface area (Å²) in [5, 5.41) is 16.1. The zero-order valence-electron chi connectivity index (χ0n) is 9.70. The standard InChI is InChI=1S/C10H16ClN5O/c1-12-8-14-7(11)15-9(16-8)13-6-10(17)4-2-3-5-10/h17H,2-6H2,1H3,(H2,12,13,14,15,16). The fraction of sp³-hybridized carbons (Fsp3) is 0.700. The molecule has 0 radical (unpaired) electrons. The second kappa shape index (κ2) is 5.01. The number of aromatic nitrogens is 3. The van der Waals surface area contributed by atoms with Gasteiger partial charge in [0.2, 0.25) is 17.2 Å². The van der Waals surface area contributed by atoms with E-state index in [9.17, 15) is 5.11 Å². The summed E-state index contributed by atoms with van der Waals surface area (Å²) in [6.45, 7) is 0.441. The Balaban J connectivity index is 2.00. The predicted molar refractivity (Wildman–Crippen MR) is 66.3 cm³/mol. The Labute approximate surface area is 105 Å². The Hall–Kier alpha value is -1.14. The number of nitrogens with one attached hydrogen (secondary N) is 2. The van der Waals surface area contributed by atoms with Crippen LogP contribution in [-0.4, -0.2) is 39.3 Å². The average molecular weight is 258 g/mol. The summed E-state index contributed by atoms with van der Waals surface area (Å²) in [5.74, 6) is 0.792. The summed E-state index contributed by atoms with van der Waals surface area (Å²) < 4.78 is 0. The van der Waals surface area contributed by atoms with Gasteiger partial charge in [0.25, 0.3) is 0 Å². The lowest BCUT2D eigenvalue weighted by molar-refractivity contribution is 0.0613. The average Bonchev–Trinajstić information content (AvgIpc) is 2.73. The van der Waals surface area contributed by atoms with Crippen LogP contribution < -0.4 is 10.6 Å². The van der Waals surface area contributed by atoms with E-state index < -0.39 is 5.60 Å². The number of aliphatic hydroxyl groups is 1. The fourth-order valence-electron chi connectivity index (χ4n) is 1.99. The molecule has 1 aliphatic carbocycles. The molecule has 0 amide bonds. The minimum absolute atomic E-state index is 0.130. The highest BCUT2D eigenvalue weighted by atomic mass is 35.5. The van der Waals surface area contributed by atoms with Gasteiger partial charge in [-0.3, -0.25) is 0 Å². The molecule has 2 rings (SSSR count). The van der Waals surface area contributed by atoms with E-state index in [1.807, 2.05) is 0 Å². The molecule has 0 spiro atoms. The Bertz CT molecular complexity index is 394. The monoisotopic (exact) mass is 257 g/mol. The first kappa shape index (κ1) is 12.3. The molecule has 0 aliphatic heterocycles. The van der Waals surface area contributed by atoms with Crippen molar-refractivity contribution in [3.8, 4) is 0 Å². The first-order valence-electron chi connectivity index (χ1n) is 5.67. The number of hydrogen-bond donors (Lipinski definition) is 3. The van der Waals surface area contributed by atoms with Gasteiger partial charge in [-0.2, -0.15) is 15.0 Å². The molecule has 0 atom stereocenters. The van der Waals surface area contributed by atoms with Crippen molar-refractivity contribution in [2.75, 3.05) is 24.2 Å². The van der Waals surface area contributed by atoms with Crippen LogP contribution in [0.3, 0.4) is 0 Å². The Morgan fingerprint density at radius 2 is 1.88 bits per heavy atom. The van der Waals surface area contributed by atoms with Crippen molar-refractivity contribution in [3.05, 3.63) is 5.28 Å². The third-order valence-corrected chi connectivity index (χ3v) is 3.11. The van der Waals surface area contributed by atoms with Gasteiger partial charge in [-0.15, -0.1) is 0 Å². The third kappa shape index (κ3) is 3.17. The molecule has 1 fully saturated rings. The van der Waals surface area contributed by atoms with Gasteiger partial charge < -0.3 is 15.7 Å². The summed E-state index contributed by atoms with van der Waals surface area (Å²) >= 11 is 5.75. The van der Waals surface area contributed by atoms with Gasteiger partial charge in [-0.05, 0) is 24.4 Å². The van der Waals surface area contributed by atoms with E-state index in [-0.39, 0.29) is 5.28 Å². The molecule has 94 valence electrons. The second-order valence-electron chi connectivity index (χ2n) is 4.29. The maximum atomic E-state index is 10.2. The highest BCUT2D eigenvalue weighted by Gasteiger charge is 2.30. The van der Waals surface area contributed by atoms with Gasteiger partial charge in [-0.25, -0.2) is 0 Å². The third-order valence-electron chi connectivity index (χ3n) is 2.94. The minimum atomic E-state index is -0.640. The van der Waals surface area contributed by atoms with E-state index in [0.717, 1.165) is 25.7 Å². The van der Waals surface area contributed by atoms with E-state index in [2.05, 4.69) is 25.6 Å². The summed E-state index contributed by atoms with van der Waals surface area (Å²) in [4.78, 5) is 11.9. The molecular weight excluding hydrogens is 242 g/mol. The maximum absolute atomic E-state index is 10.2. The molecule has 1 aromatic rings. The highest BCUT2D eigenvalue weighted by Crippen LogP contribution is 2.29. The number of nitrogens with zero attached hydrogens (tertiary/aromatic N) is 3. The molecule has 0 bridgehead atoms. The lowest BCUT2D eigenvalue weighted by atomic mass is 10.0. The molecule has 6 nitrogen and oxygen atoms in total. The number of halogens is 1. The number of anilines is 2. The molecule has 1 saturated carbocycles. The Kier molecular flexibility index (Phi) is 3.63. The van der Waals surface area contributed by atoms with Gasteiger partial charge in [0.05, 0.1) is 5.60 Å². The van der Waals surface area contributed by atoms with E-state index >= 15 is 0 Å². The van der Waals surface area contributed by atoms with Crippen molar-refractivity contribution in [1.29, 1.82) is 0 Å². The molecule has 0 unspecified atom stereocenters. The van der Waals surface area contributed by atoms with Crippen LogP contribution in [0.15, 0.2) is 0 Å². The molecule has 0 aromatic carbocycles. The van der Waals surface area contributed by atoms with Crippen molar-refractivity contribution in [2.45, 2.75) is 31.3 Å². The fourth-order valence-corrected chi connectivity index (χ4v) is 2.15. The number of rotatable bonds is 4. The van der Waals surface area contributed by atoms with Gasteiger partial charge in [-0.1, -0.05) is 12.8 Å². The number of hydrogen-bond acceptors (Lipinski definition) is 6. The summed E-state index contributed by atoms with van der Waals surface area (Å²) in [6.07, 6.45) is 3.77. The van der Waals surface area contributed by atoms with Gasteiger partial charge in [0.1, 0.15) is 0 Å². The predicted octanol–water partition coefficient (Wildman–Crippen LogP) is 1.28. The van der Waals surface area contributed by atoms with Crippen LogP contribution in [-0.2, 0) is 0 Å². The van der Waals surface area contributed by atoms with Crippen LogP contribution >= 0.6 is 11.6 Å². The molecule has 17 heavy (non-hydrogen) atoms. The maximum Gasteiger partial charge on any atom is 0.228 e. The second-order valence-corrected chi connectivity index (χ2v) is 4.62. The van der Waals surface area contributed by atoms with Crippen LogP contribution in [0.25, 0.3) is 0 Å². The van der Waals surface area contributed by atoms with Crippen molar-refractivity contribution < 1.29 is 5.11 Å². The summed E-state index contributed by atoms with van der Waals surface area (Å²) in [5.41, 5.74) is -0.640. The minimum Gasteiger partial charge on any atom is -0.388 e. The normalized spacial score (nSPS) is 18.1. The zero-order valence-corrected chi connectivity index (χ0v) is 10.5. The SMILES string of the molecule is CNc1nc(Cl)nc(NCC2(O)CCCC2)n1. The quantitative estimate of drug-likeness (QED) is 0.754. The van der Waals surface area contributed by atoms with Gasteiger partial charge in [0.15, 0.2) is 0 Å². The smallest absolute Gasteiger partial charge is 0.228 e. The molecule has 1 aromatic heterocycles. The van der Waals surface area contributed by atoms with Crippen molar-refractivity contribution in [3.63, 3.8) is 0 Å². The molecule has 3 N–H and O–H groups in total. The Morgan fingerprint density at radius 1 is 1.24 bits per heavy atom. The zero-order chi connectivity index (χ0) is 12.3. The van der Waals surface area contributed by atoms with Gasteiger partial charge in [0, 0.05) is 13.6 Å². The summed E-state index contributed by atoms with van der Waals surface area (Å²) in [6, 6.07) is 0. The first-order valence-corrected chi connectivity index (χ1v) is 6.05. The van der Waals surface area contributed by atoms with Crippen molar-refractivity contribution in [1.82, 2.24) is 15.0 Å². The van der Waals surface area contributed by atoms with E-state index in [0.29, 0.717) is 18.4 Å². The lowest BCUT2D eigenvalue weighted by Crippen LogP contribution is -2.34. The van der Waals surface area contributed by atoms with Crippen molar-refractivity contribution >= 4 is 23.5 Å². The van der Waals surface area contributed by atoms with Crippen LogP contribution in [0.5, 0.6) is 0 Å². The van der Waals surface area contributed by atoms with Crippen LogP contribution in [0.2, 0.25) is 5.28 Å². The molecular formula is C10H16ClN5O. The highest BCUT2D eigenvalue weighted by molar-refractivity contribution is 6.28. The largest absolute Gasteiger partial charge is 0.388 e. The molecule has 0 saturated heterocycles. The van der Waals surface area contributed by atoms with Crippen LogP contribution in [0.1, 0.15) is 25.7 Å². The van der Waals surface area contributed by atoms with E-state index in [1.165, 1.54) is 0 Å². The Morgan fingerprint density at radius 3 is 2.53 bits per heavy atom. The first-order chi connectivity index (χ1) is 8.11.